The molecule has 0 saturated carbocycles. The van der Waals surface area contributed by atoms with Crippen LogP contribution < -0.4 is 14.2 Å². The highest BCUT2D eigenvalue weighted by atomic mass is 16.6. The molecular weight excluding hydrogens is 530 g/mol. The summed E-state index contributed by atoms with van der Waals surface area (Å²) >= 11 is 0. The molecule has 0 radical (unpaired) electrons. The van der Waals surface area contributed by atoms with E-state index in [0.717, 1.165) is 56.0 Å². The Labute approximate surface area is 242 Å². The molecule has 1 atom stereocenters. The third-order valence-corrected chi connectivity index (χ3v) is 7.49. The molecule has 42 heavy (non-hydrogen) atoms. The van der Waals surface area contributed by atoms with E-state index in [1.165, 1.54) is 0 Å². The van der Waals surface area contributed by atoms with Gasteiger partial charge in [0.1, 0.15) is 23.6 Å². The average Bonchev–Trinajstić information content (AvgIpc) is 3.47. The van der Waals surface area contributed by atoms with Crippen LogP contribution in [0.25, 0.3) is 16.4 Å². The minimum Gasteiger partial charge on any atom is -0.497 e. The van der Waals surface area contributed by atoms with Crippen molar-refractivity contribution >= 4 is 22.1 Å². The molecule has 4 aromatic carbocycles. The smallest absolute Gasteiger partial charge is 0.228 e. The number of hydrogen-bond donors (Lipinski definition) is 0. The monoisotopic (exact) mass is 557 g/mol. The first-order chi connectivity index (χ1) is 20.6. The minimum atomic E-state index is -0.191. The third-order valence-electron chi connectivity index (χ3n) is 7.49. The summed E-state index contributed by atoms with van der Waals surface area (Å²) in [6, 6.07) is 28.1. The first-order valence-corrected chi connectivity index (χ1v) is 13.5. The molecule has 0 amide bonds. The van der Waals surface area contributed by atoms with Gasteiger partial charge in [-0.1, -0.05) is 53.7 Å². The predicted molar refractivity (Wildman–Crippen MR) is 159 cm³/mol. The minimum absolute atomic E-state index is 0.0965. The van der Waals surface area contributed by atoms with Crippen LogP contribution in [0.2, 0.25) is 0 Å². The van der Waals surface area contributed by atoms with Crippen molar-refractivity contribution in [1.29, 1.82) is 0 Å². The number of oxime groups is 1. The Morgan fingerprint density at radius 2 is 1.64 bits per heavy atom. The van der Waals surface area contributed by atoms with E-state index in [1.54, 1.807) is 25.1 Å². The molecule has 0 aliphatic carbocycles. The second-order valence-electron chi connectivity index (χ2n) is 9.95. The SMILES string of the molecule is COc1ccc(/C(C)=N\OCc2nc3c4c(ncn3n2)Oc2c(ccc3ccccc23)C4c2ccc(OC)cc2)cc1. The van der Waals surface area contributed by atoms with Gasteiger partial charge >= 0.3 is 0 Å². The van der Waals surface area contributed by atoms with E-state index in [9.17, 15) is 0 Å². The fraction of sp³-hybridized carbons (Fsp3) is 0.152. The molecule has 6 aromatic rings. The first-order valence-electron chi connectivity index (χ1n) is 13.5. The molecule has 0 saturated heterocycles. The van der Waals surface area contributed by atoms with Gasteiger partial charge in [0.2, 0.25) is 5.88 Å². The second kappa shape index (κ2) is 10.5. The molecule has 2 aromatic heterocycles. The lowest BCUT2D eigenvalue weighted by Gasteiger charge is -2.28. The van der Waals surface area contributed by atoms with Crippen molar-refractivity contribution in [1.82, 2.24) is 19.6 Å². The normalized spacial score (nSPS) is 14.3. The molecule has 1 aliphatic rings. The largest absolute Gasteiger partial charge is 0.497 e. The maximum absolute atomic E-state index is 6.50. The first kappa shape index (κ1) is 25.5. The highest BCUT2D eigenvalue weighted by Crippen LogP contribution is 2.50. The topological polar surface area (TPSA) is 92.4 Å². The van der Waals surface area contributed by atoms with Crippen molar-refractivity contribution in [3.63, 3.8) is 0 Å². The van der Waals surface area contributed by atoms with E-state index in [-0.39, 0.29) is 12.5 Å². The summed E-state index contributed by atoms with van der Waals surface area (Å²) in [5, 5.41) is 11.0. The Hall–Kier alpha value is -5.44. The standard InChI is InChI=1S/C33H27N5O4/c1-20(21-8-13-24(39-2)14-9-21)37-41-18-28-35-32-30-29(23-10-15-25(40-3)16-11-23)27-17-12-22-6-4-5-7-26(22)31(27)42-33(30)34-19-38(32)36-28/h4-17,19,29H,18H2,1-3H3/b37-20-. The van der Waals surface area contributed by atoms with Gasteiger partial charge in [0.25, 0.3) is 0 Å². The number of rotatable bonds is 7. The Morgan fingerprint density at radius 1 is 0.905 bits per heavy atom. The third kappa shape index (κ3) is 4.45. The molecule has 3 heterocycles. The van der Waals surface area contributed by atoms with Gasteiger partial charge in [-0.3, -0.25) is 0 Å². The van der Waals surface area contributed by atoms with E-state index in [2.05, 4.69) is 51.6 Å². The molecule has 0 bridgehead atoms. The van der Waals surface area contributed by atoms with Gasteiger partial charge < -0.3 is 19.0 Å². The van der Waals surface area contributed by atoms with Crippen molar-refractivity contribution in [2.75, 3.05) is 14.2 Å². The van der Waals surface area contributed by atoms with Crippen LogP contribution in [0, 0.1) is 0 Å². The zero-order chi connectivity index (χ0) is 28.6. The molecule has 1 unspecified atom stereocenters. The Morgan fingerprint density at radius 3 is 2.40 bits per heavy atom. The molecule has 1 aliphatic heterocycles. The summed E-state index contributed by atoms with van der Waals surface area (Å²) in [6.45, 7) is 1.98. The van der Waals surface area contributed by atoms with Crippen LogP contribution in [-0.4, -0.2) is 39.5 Å². The highest BCUT2D eigenvalue weighted by molar-refractivity contribution is 5.98. The van der Waals surface area contributed by atoms with Crippen LogP contribution in [0.1, 0.15) is 40.9 Å². The van der Waals surface area contributed by atoms with E-state index in [0.29, 0.717) is 17.4 Å². The van der Waals surface area contributed by atoms with Gasteiger partial charge in [0.15, 0.2) is 18.1 Å². The van der Waals surface area contributed by atoms with Gasteiger partial charge in [0, 0.05) is 16.9 Å². The molecule has 9 heteroatoms. The van der Waals surface area contributed by atoms with Crippen LogP contribution in [0.5, 0.6) is 23.1 Å². The van der Waals surface area contributed by atoms with Crippen molar-refractivity contribution in [2.24, 2.45) is 5.16 Å². The summed E-state index contributed by atoms with van der Waals surface area (Å²) < 4.78 is 18.8. The van der Waals surface area contributed by atoms with Crippen molar-refractivity contribution < 1.29 is 19.0 Å². The van der Waals surface area contributed by atoms with Gasteiger partial charge in [-0.05, 0) is 59.8 Å². The van der Waals surface area contributed by atoms with E-state index < -0.39 is 0 Å². The highest BCUT2D eigenvalue weighted by Gasteiger charge is 2.34. The number of nitrogens with zero attached hydrogens (tertiary/aromatic N) is 5. The number of methoxy groups -OCH3 is 2. The van der Waals surface area contributed by atoms with Gasteiger partial charge in [-0.25, -0.2) is 14.5 Å². The maximum Gasteiger partial charge on any atom is 0.228 e. The number of ether oxygens (including phenoxy) is 3. The number of fused-ring (bicyclic) bond motifs is 6. The lowest BCUT2D eigenvalue weighted by atomic mass is 9.83. The maximum atomic E-state index is 6.50. The summed E-state index contributed by atoms with van der Waals surface area (Å²) in [6.07, 6.45) is 1.62. The van der Waals surface area contributed by atoms with Crippen molar-refractivity contribution in [3.05, 3.63) is 119 Å². The summed E-state index contributed by atoms with van der Waals surface area (Å²) in [5.74, 6) is 3.16. The van der Waals surface area contributed by atoms with Gasteiger partial charge in [-0.2, -0.15) is 0 Å². The molecule has 0 spiro atoms. The lowest BCUT2D eigenvalue weighted by molar-refractivity contribution is 0.125. The van der Waals surface area contributed by atoms with E-state index in [1.807, 2.05) is 55.5 Å². The van der Waals surface area contributed by atoms with Crippen molar-refractivity contribution in [2.45, 2.75) is 19.4 Å². The predicted octanol–water partition coefficient (Wildman–Crippen LogP) is 6.52. The zero-order valence-electron chi connectivity index (χ0n) is 23.3. The van der Waals surface area contributed by atoms with Crippen LogP contribution in [0.3, 0.4) is 0 Å². The molecule has 0 fully saturated rings. The van der Waals surface area contributed by atoms with Crippen LogP contribution in [0.4, 0.5) is 0 Å². The second-order valence-corrected chi connectivity index (χ2v) is 9.95. The Kier molecular flexibility index (Phi) is 6.39. The molecule has 9 nitrogen and oxygen atoms in total. The van der Waals surface area contributed by atoms with E-state index in [4.69, 9.17) is 24.0 Å². The molecule has 0 N–H and O–H groups in total. The summed E-state index contributed by atoms with van der Waals surface area (Å²) in [7, 11) is 3.30. The molecule has 208 valence electrons. The number of aromatic nitrogens is 4. The zero-order valence-corrected chi connectivity index (χ0v) is 23.3. The quantitative estimate of drug-likeness (QED) is 0.163. The Bertz CT molecular complexity index is 1950. The fourth-order valence-corrected chi connectivity index (χ4v) is 5.37. The average molecular weight is 558 g/mol. The van der Waals surface area contributed by atoms with Gasteiger partial charge in [0.05, 0.1) is 25.5 Å². The fourth-order valence-electron chi connectivity index (χ4n) is 5.37. The van der Waals surface area contributed by atoms with Crippen molar-refractivity contribution in [3.8, 4) is 23.1 Å². The lowest BCUT2D eigenvalue weighted by Crippen LogP contribution is -2.15. The van der Waals surface area contributed by atoms with Crippen LogP contribution >= 0.6 is 0 Å². The van der Waals surface area contributed by atoms with Crippen LogP contribution in [0.15, 0.2) is 96.4 Å². The molecular formula is C33H27N5O4. The van der Waals surface area contributed by atoms with E-state index >= 15 is 0 Å². The summed E-state index contributed by atoms with van der Waals surface area (Å²) in [5.41, 5.74) is 5.24. The Balaban J connectivity index is 1.27. The number of benzene rings is 4. The van der Waals surface area contributed by atoms with Gasteiger partial charge in [-0.15, -0.1) is 5.10 Å². The summed E-state index contributed by atoms with van der Waals surface area (Å²) in [4.78, 5) is 15.2. The van der Waals surface area contributed by atoms with Crippen LogP contribution in [-0.2, 0) is 11.4 Å². The molecule has 7 rings (SSSR count). The number of hydrogen-bond acceptors (Lipinski definition) is 8.